The molecule has 0 aromatic heterocycles. The van der Waals surface area contributed by atoms with Crippen molar-refractivity contribution in [3.8, 4) is 0 Å². The van der Waals surface area contributed by atoms with E-state index in [0.717, 1.165) is 36.2 Å². The number of fused-ring (bicyclic) bond motifs is 1. The molecular formula is C22H18FN2O3S-. The van der Waals surface area contributed by atoms with Gasteiger partial charge < -0.3 is 10.0 Å². The molecule has 1 aliphatic carbocycles. The van der Waals surface area contributed by atoms with Gasteiger partial charge in [0, 0.05) is 18.7 Å². The first-order valence-electron chi connectivity index (χ1n) is 9.13. The Kier molecular flexibility index (Phi) is 5.07. The van der Waals surface area contributed by atoms with Gasteiger partial charge >= 0.3 is 0 Å². The molecule has 0 radical (unpaired) electrons. The topological polar surface area (TPSA) is 72.8 Å². The van der Waals surface area contributed by atoms with Crippen LogP contribution < -0.4 is 5.11 Å². The molecule has 0 saturated carbocycles. The first-order valence-corrected chi connectivity index (χ1v) is 10.6. The van der Waals surface area contributed by atoms with Crippen LogP contribution >= 0.6 is 0 Å². The van der Waals surface area contributed by atoms with E-state index in [4.69, 9.17) is 0 Å². The molecule has 0 amide bonds. The third-order valence-corrected chi connectivity index (χ3v) is 6.19. The number of allylic oxidation sites excluding steroid dienone is 5. The van der Waals surface area contributed by atoms with Gasteiger partial charge in [-0.3, -0.25) is 0 Å². The number of hydrogen-bond acceptors (Lipinski definition) is 4. The maximum atomic E-state index is 13.1. The Morgan fingerprint density at radius 1 is 1.00 bits per heavy atom. The van der Waals surface area contributed by atoms with E-state index in [0.29, 0.717) is 13.1 Å². The molecule has 29 heavy (non-hydrogen) atoms. The summed E-state index contributed by atoms with van der Waals surface area (Å²) in [6.07, 6.45) is 7.11. The minimum absolute atomic E-state index is 0.0701. The van der Waals surface area contributed by atoms with Crippen LogP contribution in [0.3, 0.4) is 0 Å². The molecule has 0 bridgehead atoms. The maximum absolute atomic E-state index is 13.1. The summed E-state index contributed by atoms with van der Waals surface area (Å²) in [6.45, 7) is 1.02. The monoisotopic (exact) mass is 409 g/mol. The van der Waals surface area contributed by atoms with Gasteiger partial charge in [0.25, 0.3) is 10.0 Å². The number of sulfonamides is 1. The Morgan fingerprint density at radius 2 is 1.69 bits per heavy atom. The summed E-state index contributed by atoms with van der Waals surface area (Å²) in [5.41, 5.74) is 2.59. The average molecular weight is 409 g/mol. The summed E-state index contributed by atoms with van der Waals surface area (Å²) in [6, 6.07) is 12.4. The van der Waals surface area contributed by atoms with Crippen LogP contribution in [0.2, 0.25) is 0 Å². The highest BCUT2D eigenvalue weighted by Gasteiger charge is 2.19. The van der Waals surface area contributed by atoms with E-state index >= 15 is 0 Å². The zero-order valence-corrected chi connectivity index (χ0v) is 16.3. The SMILES string of the molecule is O=S(=O)(N=C1C=CC=CC1=C([O-])N1CCc2ccccc2C1)c1ccc(F)cc1. The third-order valence-electron chi connectivity index (χ3n) is 4.88. The number of rotatable bonds is 3. The highest BCUT2D eigenvalue weighted by molar-refractivity contribution is 7.90. The summed E-state index contributed by atoms with van der Waals surface area (Å²) in [7, 11) is -4.08. The number of halogens is 1. The number of hydrogen-bond donors (Lipinski definition) is 0. The van der Waals surface area contributed by atoms with Gasteiger partial charge in [0.2, 0.25) is 0 Å². The van der Waals surface area contributed by atoms with E-state index in [-0.39, 0.29) is 22.1 Å². The lowest BCUT2D eigenvalue weighted by molar-refractivity contribution is -0.335. The second-order valence-electron chi connectivity index (χ2n) is 6.78. The highest BCUT2D eigenvalue weighted by Crippen LogP contribution is 2.24. The van der Waals surface area contributed by atoms with Crippen molar-refractivity contribution in [1.82, 2.24) is 4.90 Å². The molecule has 7 heteroatoms. The second kappa shape index (κ2) is 7.67. The van der Waals surface area contributed by atoms with Gasteiger partial charge in [-0.1, -0.05) is 42.5 Å². The van der Waals surface area contributed by atoms with Gasteiger partial charge in [0.1, 0.15) is 5.82 Å². The van der Waals surface area contributed by atoms with Crippen molar-refractivity contribution in [2.45, 2.75) is 17.9 Å². The standard InChI is InChI=1S/C22H19FN2O3S/c23-18-9-11-19(12-10-18)29(27,28)24-21-8-4-3-7-20(21)22(26)25-14-13-16-5-1-2-6-17(16)15-25/h1-12,26H,13-15H2/p-1. The number of benzene rings is 2. The van der Waals surface area contributed by atoms with E-state index in [1.54, 1.807) is 23.1 Å². The van der Waals surface area contributed by atoms with Crippen LogP contribution in [0.5, 0.6) is 0 Å². The van der Waals surface area contributed by atoms with Gasteiger partial charge in [0.05, 0.1) is 10.6 Å². The van der Waals surface area contributed by atoms with Crippen LogP contribution in [0.15, 0.2) is 93.6 Å². The summed E-state index contributed by atoms with van der Waals surface area (Å²) in [5, 5.41) is 13.1. The molecule has 0 fully saturated rings. The molecule has 4 rings (SSSR count). The van der Waals surface area contributed by atoms with Crippen molar-refractivity contribution >= 4 is 15.7 Å². The minimum atomic E-state index is -4.08. The normalized spacial score (nSPS) is 19.3. The molecule has 0 N–H and O–H groups in total. The van der Waals surface area contributed by atoms with Gasteiger partial charge in [-0.25, -0.2) is 4.39 Å². The molecular weight excluding hydrogens is 391 g/mol. The first-order chi connectivity index (χ1) is 13.9. The lowest BCUT2D eigenvalue weighted by Gasteiger charge is -2.37. The second-order valence-corrected chi connectivity index (χ2v) is 8.39. The summed E-state index contributed by atoms with van der Waals surface area (Å²) in [4.78, 5) is 1.56. The molecule has 0 spiro atoms. The van der Waals surface area contributed by atoms with E-state index in [2.05, 4.69) is 10.5 Å². The fraction of sp³-hybridized carbons (Fsp3) is 0.136. The fourth-order valence-electron chi connectivity index (χ4n) is 3.36. The fourth-order valence-corrected chi connectivity index (χ4v) is 4.37. The zero-order valence-electron chi connectivity index (χ0n) is 15.5. The van der Waals surface area contributed by atoms with Crippen LogP contribution in [0, 0.1) is 5.82 Å². The number of nitrogens with zero attached hydrogens (tertiary/aromatic N) is 2. The van der Waals surface area contributed by atoms with Crippen molar-refractivity contribution in [3.05, 3.63) is 101 Å². The zero-order chi connectivity index (χ0) is 20.4. The molecule has 148 valence electrons. The molecule has 0 atom stereocenters. The first kappa shape index (κ1) is 19.1. The van der Waals surface area contributed by atoms with Gasteiger partial charge in [-0.05, 0) is 53.8 Å². The van der Waals surface area contributed by atoms with Crippen molar-refractivity contribution < 1.29 is 17.9 Å². The van der Waals surface area contributed by atoms with Crippen LogP contribution in [0.25, 0.3) is 0 Å². The summed E-state index contributed by atoms with van der Waals surface area (Å²) in [5.74, 6) is -0.807. The average Bonchev–Trinajstić information content (AvgIpc) is 2.73. The molecule has 1 aliphatic heterocycles. The lowest BCUT2D eigenvalue weighted by Crippen LogP contribution is -2.36. The van der Waals surface area contributed by atoms with Gasteiger partial charge in [-0.15, -0.1) is 0 Å². The van der Waals surface area contributed by atoms with Crippen LogP contribution in [-0.2, 0) is 23.0 Å². The van der Waals surface area contributed by atoms with Gasteiger partial charge in [0.15, 0.2) is 0 Å². The highest BCUT2D eigenvalue weighted by atomic mass is 32.2. The summed E-state index contributed by atoms with van der Waals surface area (Å²) >= 11 is 0. The predicted molar refractivity (Wildman–Crippen MR) is 107 cm³/mol. The van der Waals surface area contributed by atoms with E-state index in [9.17, 15) is 17.9 Å². The Morgan fingerprint density at radius 3 is 2.45 bits per heavy atom. The quantitative estimate of drug-likeness (QED) is 0.731. The third kappa shape index (κ3) is 4.00. The van der Waals surface area contributed by atoms with E-state index in [1.165, 1.54) is 11.6 Å². The summed E-state index contributed by atoms with van der Waals surface area (Å²) < 4.78 is 42.2. The van der Waals surface area contributed by atoms with E-state index in [1.807, 2.05) is 18.2 Å². The van der Waals surface area contributed by atoms with Crippen molar-refractivity contribution in [3.63, 3.8) is 0 Å². The van der Waals surface area contributed by atoms with Crippen LogP contribution in [0.4, 0.5) is 4.39 Å². The Balaban J connectivity index is 1.69. The van der Waals surface area contributed by atoms with Gasteiger partial charge in [-0.2, -0.15) is 12.8 Å². The molecule has 2 aliphatic rings. The Bertz CT molecular complexity index is 1160. The smallest absolute Gasteiger partial charge is 0.282 e. The molecule has 5 nitrogen and oxygen atoms in total. The molecule has 1 heterocycles. The largest absolute Gasteiger partial charge is 0.860 e. The molecule has 0 saturated heterocycles. The lowest BCUT2D eigenvalue weighted by atomic mass is 9.99. The molecule has 2 aromatic rings. The maximum Gasteiger partial charge on any atom is 0.282 e. The van der Waals surface area contributed by atoms with E-state index < -0.39 is 15.8 Å². The van der Waals surface area contributed by atoms with Crippen molar-refractivity contribution in [2.24, 2.45) is 4.40 Å². The Hall–Kier alpha value is -3.19. The van der Waals surface area contributed by atoms with Crippen LogP contribution in [0.1, 0.15) is 11.1 Å². The Labute approximate surface area is 168 Å². The predicted octanol–water partition coefficient (Wildman–Crippen LogP) is 2.71. The molecule has 0 unspecified atom stereocenters. The van der Waals surface area contributed by atoms with Crippen LogP contribution in [-0.4, -0.2) is 25.6 Å². The minimum Gasteiger partial charge on any atom is -0.860 e. The molecule has 2 aromatic carbocycles. The van der Waals surface area contributed by atoms with Crippen molar-refractivity contribution in [1.29, 1.82) is 0 Å². The van der Waals surface area contributed by atoms with Crippen molar-refractivity contribution in [2.75, 3.05) is 6.54 Å².